The maximum Gasteiger partial charge on any atom is 0.0931 e. The SMILES string of the molecule is Cc1cnc(C(Cc2ccc(Cl)s2)NN)c(C)c1. The number of nitrogens with zero attached hydrogens (tertiary/aromatic N) is 1. The van der Waals surface area contributed by atoms with Crippen molar-refractivity contribution in [1.82, 2.24) is 10.4 Å². The van der Waals surface area contributed by atoms with Gasteiger partial charge in [-0.2, -0.15) is 0 Å². The molecular formula is C13H16ClN3S. The zero-order valence-corrected chi connectivity index (χ0v) is 12.0. The lowest BCUT2D eigenvalue weighted by Gasteiger charge is -2.17. The molecule has 0 spiro atoms. The molecule has 2 rings (SSSR count). The minimum Gasteiger partial charge on any atom is -0.271 e. The van der Waals surface area contributed by atoms with Crippen LogP contribution in [0.2, 0.25) is 4.34 Å². The zero-order chi connectivity index (χ0) is 13.1. The van der Waals surface area contributed by atoms with Crippen molar-refractivity contribution < 1.29 is 0 Å². The van der Waals surface area contributed by atoms with Crippen molar-refractivity contribution in [2.75, 3.05) is 0 Å². The Labute approximate surface area is 116 Å². The van der Waals surface area contributed by atoms with Crippen molar-refractivity contribution in [2.24, 2.45) is 5.84 Å². The van der Waals surface area contributed by atoms with Crippen LogP contribution in [0.4, 0.5) is 0 Å². The number of aromatic nitrogens is 1. The molecular weight excluding hydrogens is 266 g/mol. The van der Waals surface area contributed by atoms with Crippen molar-refractivity contribution in [2.45, 2.75) is 26.3 Å². The molecule has 0 amide bonds. The number of hydrogen-bond donors (Lipinski definition) is 2. The zero-order valence-electron chi connectivity index (χ0n) is 10.4. The predicted octanol–water partition coefficient (Wildman–Crippen LogP) is 3.16. The topological polar surface area (TPSA) is 50.9 Å². The van der Waals surface area contributed by atoms with Gasteiger partial charge >= 0.3 is 0 Å². The lowest BCUT2D eigenvalue weighted by atomic mass is 10.0. The molecule has 2 heterocycles. The Morgan fingerprint density at radius 3 is 2.78 bits per heavy atom. The molecule has 0 radical (unpaired) electrons. The summed E-state index contributed by atoms with van der Waals surface area (Å²) in [7, 11) is 0. The second-order valence-electron chi connectivity index (χ2n) is 4.34. The summed E-state index contributed by atoms with van der Waals surface area (Å²) in [4.78, 5) is 5.68. The summed E-state index contributed by atoms with van der Waals surface area (Å²) in [6.07, 6.45) is 2.67. The lowest BCUT2D eigenvalue weighted by molar-refractivity contribution is 0.538. The number of aryl methyl sites for hydroxylation is 2. The van der Waals surface area contributed by atoms with E-state index in [1.54, 1.807) is 11.3 Å². The normalized spacial score (nSPS) is 12.7. The number of hydrogen-bond acceptors (Lipinski definition) is 4. The maximum absolute atomic E-state index is 5.94. The van der Waals surface area contributed by atoms with Crippen LogP contribution in [0, 0.1) is 13.8 Å². The predicted molar refractivity (Wildman–Crippen MR) is 76.8 cm³/mol. The van der Waals surface area contributed by atoms with Crippen LogP contribution >= 0.6 is 22.9 Å². The highest BCUT2D eigenvalue weighted by Gasteiger charge is 2.15. The first-order valence-corrected chi connectivity index (χ1v) is 6.93. The first-order valence-electron chi connectivity index (χ1n) is 5.73. The van der Waals surface area contributed by atoms with Crippen molar-refractivity contribution in [1.29, 1.82) is 0 Å². The highest BCUT2D eigenvalue weighted by molar-refractivity contribution is 7.16. The van der Waals surface area contributed by atoms with Gasteiger partial charge in [-0.25, -0.2) is 0 Å². The third-order valence-corrected chi connectivity index (χ3v) is 4.07. The van der Waals surface area contributed by atoms with Crippen LogP contribution in [0.25, 0.3) is 0 Å². The summed E-state index contributed by atoms with van der Waals surface area (Å²) in [6, 6.07) is 6.07. The molecule has 0 aliphatic heterocycles. The monoisotopic (exact) mass is 281 g/mol. The number of nitrogens with one attached hydrogen (secondary N) is 1. The maximum atomic E-state index is 5.94. The van der Waals surface area contributed by atoms with E-state index in [1.165, 1.54) is 4.88 Å². The van der Waals surface area contributed by atoms with Gasteiger partial charge in [-0.1, -0.05) is 17.7 Å². The van der Waals surface area contributed by atoms with E-state index < -0.39 is 0 Å². The standard InChI is InChI=1S/C13H16ClN3S/c1-8-5-9(2)13(16-7-8)11(17-15)6-10-3-4-12(14)18-10/h3-5,7,11,17H,6,15H2,1-2H3. The third kappa shape index (κ3) is 3.09. The second-order valence-corrected chi connectivity index (χ2v) is 6.14. The van der Waals surface area contributed by atoms with Gasteiger partial charge in [0.15, 0.2) is 0 Å². The fourth-order valence-corrected chi connectivity index (χ4v) is 3.12. The summed E-state index contributed by atoms with van der Waals surface area (Å²) < 4.78 is 0.800. The molecule has 96 valence electrons. The van der Waals surface area contributed by atoms with Crippen LogP contribution in [-0.4, -0.2) is 4.98 Å². The molecule has 3 N–H and O–H groups in total. The molecule has 2 aromatic heterocycles. The molecule has 3 nitrogen and oxygen atoms in total. The van der Waals surface area contributed by atoms with Crippen molar-refractivity contribution in [3.8, 4) is 0 Å². The van der Waals surface area contributed by atoms with E-state index >= 15 is 0 Å². The number of halogens is 1. The van der Waals surface area contributed by atoms with E-state index in [2.05, 4.69) is 23.4 Å². The quantitative estimate of drug-likeness (QED) is 0.669. The van der Waals surface area contributed by atoms with Gasteiger partial charge in [0.05, 0.1) is 16.1 Å². The van der Waals surface area contributed by atoms with Crippen molar-refractivity contribution >= 4 is 22.9 Å². The molecule has 18 heavy (non-hydrogen) atoms. The highest BCUT2D eigenvalue weighted by atomic mass is 35.5. The molecule has 0 fully saturated rings. The van der Waals surface area contributed by atoms with E-state index in [0.29, 0.717) is 0 Å². The largest absolute Gasteiger partial charge is 0.271 e. The van der Waals surface area contributed by atoms with Gasteiger partial charge in [0.1, 0.15) is 0 Å². The minimum atomic E-state index is 0.0142. The number of pyridine rings is 1. The van der Waals surface area contributed by atoms with E-state index in [1.807, 2.05) is 25.3 Å². The molecule has 0 saturated heterocycles. The molecule has 5 heteroatoms. The summed E-state index contributed by atoms with van der Waals surface area (Å²) >= 11 is 7.51. The Kier molecular flexibility index (Phi) is 4.35. The molecule has 1 atom stereocenters. The highest BCUT2D eigenvalue weighted by Crippen LogP contribution is 2.26. The molecule has 2 aromatic rings. The van der Waals surface area contributed by atoms with Gasteiger partial charge in [-0.05, 0) is 37.1 Å². The third-order valence-electron chi connectivity index (χ3n) is 2.82. The van der Waals surface area contributed by atoms with Gasteiger partial charge in [-0.3, -0.25) is 16.3 Å². The van der Waals surface area contributed by atoms with E-state index in [9.17, 15) is 0 Å². The van der Waals surface area contributed by atoms with Crippen molar-refractivity contribution in [3.05, 3.63) is 50.4 Å². The first-order chi connectivity index (χ1) is 8.60. The number of rotatable bonds is 4. The second kappa shape index (κ2) is 5.80. The summed E-state index contributed by atoms with van der Waals surface area (Å²) in [5.41, 5.74) is 6.14. The van der Waals surface area contributed by atoms with Gasteiger partial charge in [0.2, 0.25) is 0 Å². The lowest BCUT2D eigenvalue weighted by Crippen LogP contribution is -2.30. The minimum absolute atomic E-state index is 0.0142. The van der Waals surface area contributed by atoms with Gasteiger partial charge < -0.3 is 0 Å². The van der Waals surface area contributed by atoms with Crippen LogP contribution in [0.1, 0.15) is 27.7 Å². The average molecular weight is 282 g/mol. The van der Waals surface area contributed by atoms with Crippen LogP contribution in [-0.2, 0) is 6.42 Å². The number of hydrazine groups is 1. The summed E-state index contributed by atoms with van der Waals surface area (Å²) in [5.74, 6) is 5.65. The van der Waals surface area contributed by atoms with Gasteiger partial charge in [0.25, 0.3) is 0 Å². The molecule has 0 aliphatic carbocycles. The van der Waals surface area contributed by atoms with Gasteiger partial charge in [0, 0.05) is 17.5 Å². The average Bonchev–Trinajstić information content (AvgIpc) is 2.72. The van der Waals surface area contributed by atoms with Crippen molar-refractivity contribution in [3.63, 3.8) is 0 Å². The smallest absolute Gasteiger partial charge is 0.0931 e. The molecule has 0 saturated carbocycles. The summed E-state index contributed by atoms with van der Waals surface area (Å²) in [5, 5.41) is 0. The van der Waals surface area contributed by atoms with Crippen LogP contribution in [0.15, 0.2) is 24.4 Å². The molecule has 0 bridgehead atoms. The Hall–Kier alpha value is -0.940. The fourth-order valence-electron chi connectivity index (χ4n) is 1.99. The molecule has 0 aromatic carbocycles. The van der Waals surface area contributed by atoms with E-state index in [0.717, 1.165) is 27.6 Å². The Balaban J connectivity index is 2.22. The fraction of sp³-hybridized carbons (Fsp3) is 0.308. The van der Waals surface area contributed by atoms with E-state index in [4.69, 9.17) is 17.4 Å². The molecule has 0 aliphatic rings. The Morgan fingerprint density at radius 2 is 2.22 bits per heavy atom. The number of nitrogens with two attached hydrogens (primary N) is 1. The number of thiophene rings is 1. The Bertz CT molecular complexity index is 539. The summed E-state index contributed by atoms with van der Waals surface area (Å²) in [6.45, 7) is 4.09. The van der Waals surface area contributed by atoms with Crippen LogP contribution in [0.5, 0.6) is 0 Å². The molecule has 1 unspecified atom stereocenters. The van der Waals surface area contributed by atoms with E-state index in [-0.39, 0.29) is 6.04 Å². The van der Waals surface area contributed by atoms with Crippen LogP contribution < -0.4 is 11.3 Å². The van der Waals surface area contributed by atoms with Gasteiger partial charge in [-0.15, -0.1) is 11.3 Å². The Morgan fingerprint density at radius 1 is 1.44 bits per heavy atom. The first kappa shape index (κ1) is 13.5. The van der Waals surface area contributed by atoms with Crippen LogP contribution in [0.3, 0.4) is 0 Å².